The van der Waals surface area contributed by atoms with E-state index >= 15 is 0 Å². The quantitative estimate of drug-likeness (QED) is 0.347. The summed E-state index contributed by atoms with van der Waals surface area (Å²) in [6.45, 7) is 0.717. The van der Waals surface area contributed by atoms with Gasteiger partial charge in [0.25, 0.3) is 0 Å². The first-order valence-electron chi connectivity index (χ1n) is 9.54. The predicted octanol–water partition coefficient (Wildman–Crippen LogP) is 5.85. The molecule has 3 aromatic carbocycles. The summed E-state index contributed by atoms with van der Waals surface area (Å²) >= 11 is 0. The zero-order chi connectivity index (χ0) is 19.6. The molecule has 0 aliphatic heterocycles. The fourth-order valence-corrected chi connectivity index (χ4v) is 3.55. The van der Waals surface area contributed by atoms with E-state index in [4.69, 9.17) is 9.15 Å². The molecular formula is C25H19NO3. The number of furan rings is 1. The van der Waals surface area contributed by atoms with Gasteiger partial charge in [0.15, 0.2) is 5.76 Å². The van der Waals surface area contributed by atoms with Gasteiger partial charge in [-0.15, -0.1) is 0 Å². The number of ketones is 1. The van der Waals surface area contributed by atoms with Crippen molar-refractivity contribution in [2.24, 2.45) is 0 Å². The van der Waals surface area contributed by atoms with Crippen molar-refractivity contribution in [2.45, 2.75) is 13.2 Å². The Bertz CT molecular complexity index is 1260. The van der Waals surface area contributed by atoms with Gasteiger partial charge in [0.2, 0.25) is 5.78 Å². The molecule has 4 heteroatoms. The van der Waals surface area contributed by atoms with E-state index in [9.17, 15) is 4.79 Å². The lowest BCUT2D eigenvalue weighted by molar-refractivity contribution is 0.0948. The van der Waals surface area contributed by atoms with Gasteiger partial charge in [0.1, 0.15) is 17.9 Å². The highest BCUT2D eigenvalue weighted by atomic mass is 16.5. The molecule has 0 unspecified atom stereocenters. The highest BCUT2D eigenvalue weighted by Gasteiger charge is 2.15. The summed E-state index contributed by atoms with van der Waals surface area (Å²) in [4.78, 5) is 12.8. The Hall–Kier alpha value is -3.79. The van der Waals surface area contributed by atoms with E-state index in [0.717, 1.165) is 33.2 Å². The number of carbonyl (C=O) groups is 1. The zero-order valence-electron chi connectivity index (χ0n) is 15.7. The average Bonchev–Trinajstić information content (AvgIpc) is 3.38. The molecule has 5 aromatic rings. The van der Waals surface area contributed by atoms with Gasteiger partial charge >= 0.3 is 0 Å². The minimum atomic E-state index is -0.0608. The Morgan fingerprint density at radius 1 is 0.897 bits per heavy atom. The smallest absolute Gasteiger partial charge is 0.217 e. The largest absolute Gasteiger partial charge is 0.488 e. The lowest BCUT2D eigenvalue weighted by atomic mass is 10.2. The number of carbonyl (C=O) groups excluding carboxylic acids is 1. The molecular weight excluding hydrogens is 362 g/mol. The molecule has 2 heterocycles. The number of benzene rings is 3. The van der Waals surface area contributed by atoms with Gasteiger partial charge in [-0.3, -0.25) is 4.79 Å². The maximum Gasteiger partial charge on any atom is 0.217 e. The van der Waals surface area contributed by atoms with Gasteiger partial charge in [-0.05, 0) is 35.9 Å². The molecule has 5 rings (SSSR count). The summed E-state index contributed by atoms with van der Waals surface area (Å²) in [7, 11) is 0. The SMILES string of the molecule is O=C(Cn1ccc2c(OCc3ccccc3)cccc21)c1cc2ccccc2o1. The first-order chi connectivity index (χ1) is 14.3. The molecule has 0 aliphatic rings. The molecule has 0 N–H and O–H groups in total. The van der Waals surface area contributed by atoms with E-state index in [2.05, 4.69) is 0 Å². The second-order valence-electron chi connectivity index (χ2n) is 6.98. The van der Waals surface area contributed by atoms with E-state index in [1.165, 1.54) is 0 Å². The Morgan fingerprint density at radius 3 is 2.59 bits per heavy atom. The van der Waals surface area contributed by atoms with E-state index in [1.54, 1.807) is 6.07 Å². The van der Waals surface area contributed by atoms with Crippen LogP contribution in [0.2, 0.25) is 0 Å². The summed E-state index contributed by atoms with van der Waals surface area (Å²) in [6, 6.07) is 27.4. The third-order valence-corrected chi connectivity index (χ3v) is 5.03. The molecule has 2 aromatic heterocycles. The minimum Gasteiger partial charge on any atom is -0.488 e. The first kappa shape index (κ1) is 17.3. The number of aromatic nitrogens is 1. The van der Waals surface area contributed by atoms with Crippen LogP contribution in [0.25, 0.3) is 21.9 Å². The molecule has 0 aliphatic carbocycles. The summed E-state index contributed by atoms with van der Waals surface area (Å²) in [5.74, 6) is 1.13. The van der Waals surface area contributed by atoms with Crippen molar-refractivity contribution in [3.05, 3.63) is 102 Å². The van der Waals surface area contributed by atoms with Gasteiger partial charge in [-0.2, -0.15) is 0 Å². The van der Waals surface area contributed by atoms with Gasteiger partial charge < -0.3 is 13.7 Å². The molecule has 29 heavy (non-hydrogen) atoms. The van der Waals surface area contributed by atoms with Crippen LogP contribution in [0.4, 0.5) is 0 Å². The Morgan fingerprint density at radius 2 is 1.72 bits per heavy atom. The molecule has 0 radical (unpaired) electrons. The number of hydrogen-bond donors (Lipinski definition) is 0. The Balaban J connectivity index is 1.38. The molecule has 0 saturated heterocycles. The Labute approximate surface area is 167 Å². The second kappa shape index (κ2) is 7.32. The van der Waals surface area contributed by atoms with Crippen molar-refractivity contribution in [3.63, 3.8) is 0 Å². The van der Waals surface area contributed by atoms with Crippen LogP contribution in [0.1, 0.15) is 16.1 Å². The fraction of sp³-hybridized carbons (Fsp3) is 0.0800. The number of ether oxygens (including phenoxy) is 1. The number of rotatable bonds is 6. The molecule has 0 atom stereocenters. The summed E-state index contributed by atoms with van der Waals surface area (Å²) in [5, 5.41) is 1.92. The number of hydrogen-bond acceptors (Lipinski definition) is 3. The van der Waals surface area contributed by atoms with Gasteiger partial charge in [-0.1, -0.05) is 54.6 Å². The van der Waals surface area contributed by atoms with Crippen molar-refractivity contribution in [1.82, 2.24) is 4.57 Å². The third kappa shape index (κ3) is 3.41. The van der Waals surface area contributed by atoms with Crippen LogP contribution in [-0.4, -0.2) is 10.4 Å². The number of para-hydroxylation sites is 1. The van der Waals surface area contributed by atoms with E-state index in [-0.39, 0.29) is 12.3 Å². The van der Waals surface area contributed by atoms with Crippen LogP contribution in [-0.2, 0) is 13.2 Å². The standard InChI is InChI=1S/C25H19NO3/c27-22(25-15-19-9-4-5-11-23(19)29-25)16-26-14-13-20-21(26)10-6-12-24(20)28-17-18-7-2-1-3-8-18/h1-15H,16-17H2. The third-order valence-electron chi connectivity index (χ3n) is 5.03. The summed E-state index contributed by atoms with van der Waals surface area (Å²) < 4.78 is 13.7. The van der Waals surface area contributed by atoms with Gasteiger partial charge in [0, 0.05) is 17.0 Å². The topological polar surface area (TPSA) is 44.4 Å². The molecule has 0 saturated carbocycles. The predicted molar refractivity (Wildman–Crippen MR) is 113 cm³/mol. The number of nitrogens with zero attached hydrogens (tertiary/aromatic N) is 1. The molecule has 0 amide bonds. The second-order valence-corrected chi connectivity index (χ2v) is 6.98. The van der Waals surface area contributed by atoms with Crippen LogP contribution < -0.4 is 4.74 Å². The van der Waals surface area contributed by atoms with E-state index < -0.39 is 0 Å². The molecule has 0 fully saturated rings. The van der Waals surface area contributed by atoms with Crippen molar-refractivity contribution < 1.29 is 13.9 Å². The Kier molecular flexibility index (Phi) is 4.37. The van der Waals surface area contributed by atoms with Crippen LogP contribution in [0.15, 0.2) is 95.5 Å². The maximum absolute atomic E-state index is 12.8. The minimum absolute atomic E-state index is 0.0608. The van der Waals surface area contributed by atoms with Gasteiger partial charge in [0.05, 0.1) is 12.1 Å². The maximum atomic E-state index is 12.8. The highest BCUT2D eigenvalue weighted by Crippen LogP contribution is 2.28. The fourth-order valence-electron chi connectivity index (χ4n) is 3.55. The van der Waals surface area contributed by atoms with Crippen LogP contribution >= 0.6 is 0 Å². The molecule has 142 valence electrons. The van der Waals surface area contributed by atoms with Gasteiger partial charge in [-0.25, -0.2) is 0 Å². The van der Waals surface area contributed by atoms with E-state index in [0.29, 0.717) is 12.4 Å². The lowest BCUT2D eigenvalue weighted by Crippen LogP contribution is -2.08. The van der Waals surface area contributed by atoms with Crippen LogP contribution in [0.5, 0.6) is 5.75 Å². The van der Waals surface area contributed by atoms with E-state index in [1.807, 2.05) is 89.6 Å². The molecule has 0 bridgehead atoms. The highest BCUT2D eigenvalue weighted by molar-refractivity contribution is 5.98. The van der Waals surface area contributed by atoms with Crippen LogP contribution in [0.3, 0.4) is 0 Å². The summed E-state index contributed by atoms with van der Waals surface area (Å²) in [6.07, 6.45) is 1.92. The monoisotopic (exact) mass is 381 g/mol. The average molecular weight is 381 g/mol. The molecule has 4 nitrogen and oxygen atoms in total. The number of fused-ring (bicyclic) bond motifs is 2. The van der Waals surface area contributed by atoms with Crippen molar-refractivity contribution in [1.29, 1.82) is 0 Å². The lowest BCUT2D eigenvalue weighted by Gasteiger charge is -2.09. The normalized spacial score (nSPS) is 11.2. The van der Waals surface area contributed by atoms with Crippen molar-refractivity contribution >= 4 is 27.7 Å². The van der Waals surface area contributed by atoms with Crippen LogP contribution in [0, 0.1) is 0 Å². The van der Waals surface area contributed by atoms with Crippen molar-refractivity contribution in [3.8, 4) is 5.75 Å². The molecule has 0 spiro atoms. The van der Waals surface area contributed by atoms with Crippen molar-refractivity contribution in [2.75, 3.05) is 0 Å². The first-order valence-corrected chi connectivity index (χ1v) is 9.54. The number of Topliss-reactive ketones (excluding diaryl/α,β-unsaturated/α-hetero) is 1. The zero-order valence-corrected chi connectivity index (χ0v) is 15.7. The summed E-state index contributed by atoms with van der Waals surface area (Å²) in [5.41, 5.74) is 2.80.